The number of carbonyl (C=O) groups is 1. The molecular formula is C10H14ClNO2S. The average Bonchev–Trinajstić information content (AvgIpc) is 2.62. The fourth-order valence-electron chi connectivity index (χ4n) is 0.980. The van der Waals surface area contributed by atoms with Crippen LogP contribution in [0.2, 0.25) is 5.02 Å². The lowest BCUT2D eigenvalue weighted by molar-refractivity contribution is 0.0478. The molecule has 3 nitrogen and oxygen atoms in total. The van der Waals surface area contributed by atoms with Gasteiger partial charge in [0, 0.05) is 7.05 Å². The van der Waals surface area contributed by atoms with Crippen molar-refractivity contribution in [3.63, 3.8) is 0 Å². The molecule has 1 N–H and O–H groups in total. The lowest BCUT2D eigenvalue weighted by Gasteiger charge is -2.33. The third-order valence-electron chi connectivity index (χ3n) is 2.41. The van der Waals surface area contributed by atoms with Crippen LogP contribution in [0.3, 0.4) is 0 Å². The maximum absolute atomic E-state index is 12.0. The van der Waals surface area contributed by atoms with Crippen molar-refractivity contribution >= 4 is 28.8 Å². The van der Waals surface area contributed by atoms with E-state index in [1.807, 2.05) is 0 Å². The van der Waals surface area contributed by atoms with Gasteiger partial charge in [-0.15, -0.1) is 11.3 Å². The molecule has 0 saturated heterocycles. The summed E-state index contributed by atoms with van der Waals surface area (Å²) in [6.45, 7) is 3.51. The minimum atomic E-state index is -0.579. The van der Waals surface area contributed by atoms with Crippen molar-refractivity contribution in [3.05, 3.63) is 21.3 Å². The molecule has 0 aliphatic carbocycles. The summed E-state index contributed by atoms with van der Waals surface area (Å²) < 4.78 is 0. The minimum absolute atomic E-state index is 0.0851. The predicted molar refractivity (Wildman–Crippen MR) is 62.6 cm³/mol. The highest BCUT2D eigenvalue weighted by atomic mass is 35.5. The molecule has 0 atom stereocenters. The van der Waals surface area contributed by atoms with E-state index in [-0.39, 0.29) is 12.5 Å². The van der Waals surface area contributed by atoms with E-state index < -0.39 is 5.54 Å². The average molecular weight is 248 g/mol. The van der Waals surface area contributed by atoms with Crippen LogP contribution in [-0.2, 0) is 0 Å². The van der Waals surface area contributed by atoms with Crippen molar-refractivity contribution in [3.8, 4) is 0 Å². The minimum Gasteiger partial charge on any atom is -0.394 e. The number of likely N-dealkylation sites (N-methyl/N-ethyl adjacent to an activating group) is 1. The summed E-state index contributed by atoms with van der Waals surface area (Å²) in [5.74, 6) is -0.158. The Bertz CT molecular complexity index is 362. The second kappa shape index (κ2) is 4.51. The molecule has 5 heteroatoms. The largest absolute Gasteiger partial charge is 0.394 e. The summed E-state index contributed by atoms with van der Waals surface area (Å²) >= 11 is 7.18. The number of aliphatic hydroxyl groups excluding tert-OH is 1. The zero-order valence-corrected chi connectivity index (χ0v) is 10.5. The third kappa shape index (κ3) is 2.51. The van der Waals surface area contributed by atoms with E-state index in [9.17, 15) is 4.79 Å². The Labute approximate surface area is 98.3 Å². The molecule has 0 aliphatic rings. The fraction of sp³-hybridized carbons (Fsp3) is 0.500. The summed E-state index contributed by atoms with van der Waals surface area (Å²) in [4.78, 5) is 14.0. The van der Waals surface area contributed by atoms with Gasteiger partial charge < -0.3 is 10.0 Å². The van der Waals surface area contributed by atoms with Gasteiger partial charge in [-0.1, -0.05) is 11.6 Å². The zero-order valence-electron chi connectivity index (χ0n) is 8.95. The van der Waals surface area contributed by atoms with Crippen LogP contribution in [0.15, 0.2) is 11.4 Å². The van der Waals surface area contributed by atoms with Crippen LogP contribution >= 0.6 is 22.9 Å². The smallest absolute Gasteiger partial charge is 0.265 e. The van der Waals surface area contributed by atoms with Crippen molar-refractivity contribution in [2.24, 2.45) is 0 Å². The Morgan fingerprint density at radius 2 is 2.27 bits per heavy atom. The SMILES string of the molecule is CN(C(=O)c1sccc1Cl)C(C)(C)CO. The highest BCUT2D eigenvalue weighted by Gasteiger charge is 2.29. The van der Waals surface area contributed by atoms with Crippen molar-refractivity contribution in [1.29, 1.82) is 0 Å². The molecule has 1 aromatic heterocycles. The fourth-order valence-corrected chi connectivity index (χ4v) is 2.09. The number of nitrogens with zero attached hydrogens (tertiary/aromatic N) is 1. The number of hydrogen-bond donors (Lipinski definition) is 1. The highest BCUT2D eigenvalue weighted by Crippen LogP contribution is 2.25. The maximum Gasteiger partial charge on any atom is 0.265 e. The maximum atomic E-state index is 12.0. The molecule has 0 spiro atoms. The molecule has 0 bridgehead atoms. The Kier molecular flexibility index (Phi) is 3.76. The Hall–Kier alpha value is -0.580. The van der Waals surface area contributed by atoms with Crippen molar-refractivity contribution in [2.75, 3.05) is 13.7 Å². The number of halogens is 1. The monoisotopic (exact) mass is 247 g/mol. The standard InChI is InChI=1S/C10H14ClNO2S/c1-10(2,6-13)12(3)9(14)8-7(11)4-5-15-8/h4-5,13H,6H2,1-3H3. The van der Waals surface area contributed by atoms with Crippen LogP contribution in [-0.4, -0.2) is 35.1 Å². The van der Waals surface area contributed by atoms with Gasteiger partial charge in [-0.05, 0) is 25.3 Å². The summed E-state index contributed by atoms with van der Waals surface area (Å²) in [5, 5.41) is 11.4. The molecule has 15 heavy (non-hydrogen) atoms. The van der Waals surface area contributed by atoms with Gasteiger partial charge in [-0.3, -0.25) is 4.79 Å². The van der Waals surface area contributed by atoms with Gasteiger partial charge in [-0.25, -0.2) is 0 Å². The summed E-state index contributed by atoms with van der Waals surface area (Å²) in [7, 11) is 1.66. The van der Waals surface area contributed by atoms with Gasteiger partial charge >= 0.3 is 0 Å². The first-order chi connectivity index (χ1) is 6.90. The van der Waals surface area contributed by atoms with E-state index in [1.54, 1.807) is 32.3 Å². The molecular weight excluding hydrogens is 234 g/mol. The molecule has 1 aromatic rings. The Morgan fingerprint density at radius 3 is 2.67 bits per heavy atom. The number of carbonyl (C=O) groups excluding carboxylic acids is 1. The molecule has 1 heterocycles. The lowest BCUT2D eigenvalue weighted by Crippen LogP contribution is -2.47. The van der Waals surface area contributed by atoms with E-state index in [1.165, 1.54) is 16.2 Å². The molecule has 1 rings (SSSR count). The second-order valence-corrected chi connectivity index (χ2v) is 5.26. The number of thiophene rings is 1. The van der Waals surface area contributed by atoms with E-state index >= 15 is 0 Å². The number of hydrogen-bond acceptors (Lipinski definition) is 3. The predicted octanol–water partition coefficient (Wildman–Crippen LogP) is 2.24. The molecule has 0 aliphatic heterocycles. The summed E-state index contributed by atoms with van der Waals surface area (Å²) in [5.41, 5.74) is -0.579. The molecule has 0 fully saturated rings. The van der Waals surface area contributed by atoms with E-state index in [0.29, 0.717) is 9.90 Å². The third-order valence-corrected chi connectivity index (χ3v) is 3.74. The van der Waals surface area contributed by atoms with Crippen LogP contribution < -0.4 is 0 Å². The lowest BCUT2D eigenvalue weighted by atomic mass is 10.1. The van der Waals surface area contributed by atoms with Gasteiger partial charge in [-0.2, -0.15) is 0 Å². The molecule has 1 amide bonds. The highest BCUT2D eigenvalue weighted by molar-refractivity contribution is 7.12. The van der Waals surface area contributed by atoms with Crippen LogP contribution in [0.25, 0.3) is 0 Å². The van der Waals surface area contributed by atoms with E-state index in [0.717, 1.165) is 0 Å². The van der Waals surface area contributed by atoms with Crippen LogP contribution in [0.4, 0.5) is 0 Å². The van der Waals surface area contributed by atoms with Gasteiger partial charge in [0.2, 0.25) is 0 Å². The summed E-state index contributed by atoms with van der Waals surface area (Å²) in [6, 6.07) is 1.69. The van der Waals surface area contributed by atoms with Crippen LogP contribution in [0, 0.1) is 0 Å². The zero-order chi connectivity index (χ0) is 11.6. The quantitative estimate of drug-likeness (QED) is 0.890. The van der Waals surface area contributed by atoms with Gasteiger partial charge in [0.15, 0.2) is 0 Å². The number of aliphatic hydroxyl groups is 1. The number of amides is 1. The molecule has 0 aromatic carbocycles. The first-order valence-electron chi connectivity index (χ1n) is 4.52. The number of rotatable bonds is 3. The molecule has 0 unspecified atom stereocenters. The molecule has 0 saturated carbocycles. The molecule has 0 radical (unpaired) electrons. The van der Waals surface area contributed by atoms with Crippen LogP contribution in [0.5, 0.6) is 0 Å². The van der Waals surface area contributed by atoms with E-state index in [2.05, 4.69) is 0 Å². The van der Waals surface area contributed by atoms with Gasteiger partial charge in [0.25, 0.3) is 5.91 Å². The van der Waals surface area contributed by atoms with Crippen molar-refractivity contribution < 1.29 is 9.90 Å². The first-order valence-corrected chi connectivity index (χ1v) is 5.78. The normalized spacial score (nSPS) is 11.5. The summed E-state index contributed by atoms with van der Waals surface area (Å²) in [6.07, 6.45) is 0. The Morgan fingerprint density at radius 1 is 1.67 bits per heavy atom. The van der Waals surface area contributed by atoms with Gasteiger partial charge in [0.1, 0.15) is 4.88 Å². The van der Waals surface area contributed by atoms with Crippen molar-refractivity contribution in [1.82, 2.24) is 4.90 Å². The topological polar surface area (TPSA) is 40.5 Å². The second-order valence-electron chi connectivity index (χ2n) is 3.93. The molecule has 84 valence electrons. The first kappa shape index (κ1) is 12.5. The Balaban J connectivity index is 2.92. The van der Waals surface area contributed by atoms with Gasteiger partial charge in [0.05, 0.1) is 17.2 Å². The van der Waals surface area contributed by atoms with Crippen LogP contribution in [0.1, 0.15) is 23.5 Å². The van der Waals surface area contributed by atoms with Crippen molar-refractivity contribution in [2.45, 2.75) is 19.4 Å². The van der Waals surface area contributed by atoms with E-state index in [4.69, 9.17) is 16.7 Å².